The van der Waals surface area contributed by atoms with Gasteiger partial charge in [0.1, 0.15) is 0 Å². The number of para-hydroxylation sites is 2. The molecule has 1 saturated carbocycles. The molecule has 7 nitrogen and oxygen atoms in total. The lowest BCUT2D eigenvalue weighted by Crippen LogP contribution is -2.46. The number of hydrogen-bond donors (Lipinski definition) is 0. The number of benzene rings is 1. The van der Waals surface area contributed by atoms with Crippen LogP contribution in [0.3, 0.4) is 0 Å². The lowest BCUT2D eigenvalue weighted by Gasteiger charge is -2.37. The molecule has 0 amide bonds. The number of fused-ring (bicyclic) bond motifs is 2. The SMILES string of the molecule is COC(=O)C12CCCC1CN(c1nc3ccccc3nc1N1CC(C)OC(C)C1)C2. The number of carbonyl (C=O) groups excluding carboxylic acids is 1. The summed E-state index contributed by atoms with van der Waals surface area (Å²) in [5.74, 6) is 2.02. The summed E-state index contributed by atoms with van der Waals surface area (Å²) >= 11 is 0. The average molecular weight is 411 g/mol. The molecule has 1 aliphatic carbocycles. The number of hydrogen-bond acceptors (Lipinski definition) is 7. The largest absolute Gasteiger partial charge is 0.469 e. The van der Waals surface area contributed by atoms with Crippen LogP contribution in [0.4, 0.5) is 11.6 Å². The molecule has 3 aliphatic rings. The lowest BCUT2D eigenvalue weighted by molar-refractivity contribution is -0.152. The standard InChI is InChI=1S/C23H30N4O3/c1-15-11-26(12-16(2)30-15)20-21(25-19-9-5-4-8-18(19)24-20)27-13-17-7-6-10-23(17,14-27)22(28)29-3/h4-5,8-9,15-17H,6-7,10-14H2,1-3H3. The van der Waals surface area contributed by atoms with Gasteiger partial charge in [-0.1, -0.05) is 18.6 Å². The monoisotopic (exact) mass is 410 g/mol. The van der Waals surface area contributed by atoms with Gasteiger partial charge < -0.3 is 19.3 Å². The van der Waals surface area contributed by atoms with Crippen molar-refractivity contribution in [2.45, 2.75) is 45.3 Å². The maximum atomic E-state index is 12.8. The van der Waals surface area contributed by atoms with Crippen molar-refractivity contribution in [1.82, 2.24) is 9.97 Å². The van der Waals surface area contributed by atoms with Gasteiger partial charge >= 0.3 is 5.97 Å². The number of nitrogens with zero attached hydrogens (tertiary/aromatic N) is 4. The van der Waals surface area contributed by atoms with Crippen LogP contribution in [0.1, 0.15) is 33.1 Å². The summed E-state index contributed by atoms with van der Waals surface area (Å²) in [4.78, 5) is 27.4. The fraction of sp³-hybridized carbons (Fsp3) is 0.609. The van der Waals surface area contributed by atoms with Gasteiger partial charge in [-0.15, -0.1) is 0 Å². The van der Waals surface area contributed by atoms with E-state index >= 15 is 0 Å². The van der Waals surface area contributed by atoms with Crippen molar-refractivity contribution in [3.05, 3.63) is 24.3 Å². The molecule has 0 bridgehead atoms. The van der Waals surface area contributed by atoms with Crippen LogP contribution < -0.4 is 9.80 Å². The van der Waals surface area contributed by atoms with E-state index in [-0.39, 0.29) is 18.2 Å². The second kappa shape index (κ2) is 7.38. The number of anilines is 2. The third-order valence-corrected chi connectivity index (χ3v) is 7.02. The van der Waals surface area contributed by atoms with Crippen molar-refractivity contribution in [3.8, 4) is 0 Å². The Morgan fingerprint density at radius 1 is 1.07 bits per heavy atom. The van der Waals surface area contributed by atoms with Crippen LogP contribution >= 0.6 is 0 Å². The van der Waals surface area contributed by atoms with Crippen molar-refractivity contribution in [1.29, 1.82) is 0 Å². The smallest absolute Gasteiger partial charge is 0.313 e. The quantitative estimate of drug-likeness (QED) is 0.721. The van der Waals surface area contributed by atoms with Gasteiger partial charge in [-0.2, -0.15) is 0 Å². The summed E-state index contributed by atoms with van der Waals surface area (Å²) in [5.41, 5.74) is 1.37. The molecule has 1 aromatic carbocycles. The van der Waals surface area contributed by atoms with E-state index in [0.29, 0.717) is 12.5 Å². The highest BCUT2D eigenvalue weighted by molar-refractivity contribution is 5.83. The van der Waals surface area contributed by atoms with Crippen LogP contribution in [-0.4, -0.2) is 61.4 Å². The second-order valence-corrected chi connectivity index (χ2v) is 9.14. The molecular weight excluding hydrogens is 380 g/mol. The van der Waals surface area contributed by atoms with Gasteiger partial charge in [-0.25, -0.2) is 9.97 Å². The zero-order valence-electron chi connectivity index (χ0n) is 18.0. The zero-order chi connectivity index (χ0) is 20.9. The number of methoxy groups -OCH3 is 1. The Balaban J connectivity index is 1.57. The van der Waals surface area contributed by atoms with Crippen molar-refractivity contribution in [2.24, 2.45) is 11.3 Å². The van der Waals surface area contributed by atoms with Gasteiger partial charge in [0.25, 0.3) is 0 Å². The fourth-order valence-corrected chi connectivity index (χ4v) is 5.74. The van der Waals surface area contributed by atoms with Crippen molar-refractivity contribution >= 4 is 28.6 Å². The minimum Gasteiger partial charge on any atom is -0.469 e. The summed E-state index contributed by atoms with van der Waals surface area (Å²) in [7, 11) is 1.51. The van der Waals surface area contributed by atoms with Crippen LogP contribution in [-0.2, 0) is 14.3 Å². The predicted octanol–water partition coefficient (Wildman–Crippen LogP) is 3.02. The van der Waals surface area contributed by atoms with E-state index in [1.165, 1.54) is 7.11 Å². The van der Waals surface area contributed by atoms with Crippen LogP contribution in [0, 0.1) is 11.3 Å². The van der Waals surface area contributed by atoms with Gasteiger partial charge in [0, 0.05) is 26.2 Å². The Labute approximate surface area is 177 Å². The van der Waals surface area contributed by atoms with E-state index in [1.54, 1.807) is 0 Å². The topological polar surface area (TPSA) is 67.8 Å². The van der Waals surface area contributed by atoms with Crippen molar-refractivity contribution < 1.29 is 14.3 Å². The van der Waals surface area contributed by atoms with Crippen molar-refractivity contribution in [2.75, 3.05) is 43.1 Å². The highest BCUT2D eigenvalue weighted by Crippen LogP contribution is 2.51. The van der Waals surface area contributed by atoms with Crippen LogP contribution in [0.5, 0.6) is 0 Å². The van der Waals surface area contributed by atoms with Crippen molar-refractivity contribution in [3.63, 3.8) is 0 Å². The molecule has 2 aromatic rings. The molecule has 2 aliphatic heterocycles. The summed E-state index contributed by atoms with van der Waals surface area (Å²) in [6, 6.07) is 8.01. The Hall–Kier alpha value is -2.41. The third kappa shape index (κ3) is 3.11. The molecular formula is C23H30N4O3. The molecule has 3 fully saturated rings. The van der Waals surface area contributed by atoms with Gasteiger partial charge in [0.2, 0.25) is 0 Å². The highest BCUT2D eigenvalue weighted by Gasteiger charge is 2.56. The molecule has 7 heteroatoms. The summed E-state index contributed by atoms with van der Waals surface area (Å²) in [5, 5.41) is 0. The molecule has 0 radical (unpaired) electrons. The van der Waals surface area contributed by atoms with Crippen LogP contribution in [0.2, 0.25) is 0 Å². The second-order valence-electron chi connectivity index (χ2n) is 9.14. The van der Waals surface area contributed by atoms with Gasteiger partial charge in [0.15, 0.2) is 11.6 Å². The highest BCUT2D eigenvalue weighted by atomic mass is 16.5. The maximum Gasteiger partial charge on any atom is 0.313 e. The van der Waals surface area contributed by atoms with Gasteiger partial charge in [-0.05, 0) is 44.7 Å². The molecule has 0 N–H and O–H groups in total. The lowest BCUT2D eigenvalue weighted by atomic mass is 9.81. The molecule has 5 rings (SSSR count). The summed E-state index contributed by atoms with van der Waals surface area (Å²) in [6.07, 6.45) is 3.31. The molecule has 3 heterocycles. The molecule has 2 saturated heterocycles. The Morgan fingerprint density at radius 3 is 2.33 bits per heavy atom. The van der Waals surface area contributed by atoms with E-state index in [0.717, 1.165) is 61.6 Å². The van der Waals surface area contributed by atoms with E-state index in [2.05, 4.69) is 23.6 Å². The average Bonchev–Trinajstić information content (AvgIpc) is 3.30. The molecule has 160 valence electrons. The van der Waals surface area contributed by atoms with E-state index in [4.69, 9.17) is 19.4 Å². The predicted molar refractivity (Wildman–Crippen MR) is 116 cm³/mol. The minimum atomic E-state index is -0.412. The molecule has 4 unspecified atom stereocenters. The molecule has 4 atom stereocenters. The van der Waals surface area contributed by atoms with E-state index < -0.39 is 5.41 Å². The first-order valence-electron chi connectivity index (χ1n) is 11.0. The first kappa shape index (κ1) is 19.5. The maximum absolute atomic E-state index is 12.8. The first-order chi connectivity index (χ1) is 14.5. The fourth-order valence-electron chi connectivity index (χ4n) is 5.74. The van der Waals surface area contributed by atoms with Gasteiger partial charge in [-0.3, -0.25) is 4.79 Å². The van der Waals surface area contributed by atoms with Crippen LogP contribution in [0.15, 0.2) is 24.3 Å². The molecule has 1 aromatic heterocycles. The van der Waals surface area contributed by atoms with E-state index in [1.807, 2.05) is 24.3 Å². The number of aromatic nitrogens is 2. The summed E-state index contributed by atoms with van der Waals surface area (Å²) in [6.45, 7) is 7.24. The van der Waals surface area contributed by atoms with E-state index in [9.17, 15) is 4.79 Å². The third-order valence-electron chi connectivity index (χ3n) is 7.02. The van der Waals surface area contributed by atoms with Crippen LogP contribution in [0.25, 0.3) is 11.0 Å². The number of esters is 1. The number of morpholine rings is 1. The number of ether oxygens (including phenoxy) is 2. The zero-order valence-corrected chi connectivity index (χ0v) is 18.0. The Morgan fingerprint density at radius 2 is 1.70 bits per heavy atom. The molecule has 30 heavy (non-hydrogen) atoms. The Bertz CT molecular complexity index is 957. The number of rotatable bonds is 3. The number of carbonyl (C=O) groups is 1. The van der Waals surface area contributed by atoms with Gasteiger partial charge in [0.05, 0.1) is 35.8 Å². The minimum absolute atomic E-state index is 0.0728. The summed E-state index contributed by atoms with van der Waals surface area (Å²) < 4.78 is 11.2. The Kier molecular flexibility index (Phi) is 4.81. The normalized spacial score (nSPS) is 31.2. The molecule has 0 spiro atoms. The first-order valence-corrected chi connectivity index (χ1v) is 11.0.